The minimum atomic E-state index is -0.145. The summed E-state index contributed by atoms with van der Waals surface area (Å²) in [7, 11) is 0. The Kier molecular flexibility index (Phi) is 5.57. The largest absolute Gasteiger partial charge is 0.395 e. The van der Waals surface area contributed by atoms with Gasteiger partial charge in [-0.15, -0.1) is 0 Å². The van der Waals surface area contributed by atoms with Gasteiger partial charge in [-0.05, 0) is 42.4 Å². The molecule has 6 heteroatoms. The predicted octanol–water partition coefficient (Wildman–Crippen LogP) is 3.02. The molecule has 0 saturated carbocycles. The summed E-state index contributed by atoms with van der Waals surface area (Å²) in [6.07, 6.45) is 17.2. The van der Waals surface area contributed by atoms with Crippen molar-refractivity contribution >= 4 is 16.5 Å². The summed E-state index contributed by atoms with van der Waals surface area (Å²) in [5.74, 6) is 0.811. The van der Waals surface area contributed by atoms with Crippen molar-refractivity contribution in [3.63, 3.8) is 0 Å². The third kappa shape index (κ3) is 3.77. The molecule has 2 aliphatic carbocycles. The molecule has 1 aromatic heterocycles. The van der Waals surface area contributed by atoms with Crippen molar-refractivity contribution in [2.75, 3.05) is 25.0 Å². The number of allylic oxidation sites excluding steroid dienone is 6. The molecule has 1 aliphatic heterocycles. The molecule has 1 aromatic carbocycles. The summed E-state index contributed by atoms with van der Waals surface area (Å²) >= 11 is 0. The van der Waals surface area contributed by atoms with E-state index in [1.165, 1.54) is 5.57 Å². The lowest BCUT2D eigenvalue weighted by Crippen LogP contribution is -2.39. The number of nitrogens with one attached hydrogen (secondary N) is 3. The molecule has 2 aromatic rings. The van der Waals surface area contributed by atoms with Crippen molar-refractivity contribution in [2.45, 2.75) is 24.8 Å². The van der Waals surface area contributed by atoms with Gasteiger partial charge in [-0.3, -0.25) is 4.79 Å². The molecule has 0 saturated heterocycles. The molecular formula is C25H28N4O2. The first-order chi connectivity index (χ1) is 15.3. The topological polar surface area (TPSA) is 90.0 Å². The fourth-order valence-electron chi connectivity index (χ4n) is 5.17. The van der Waals surface area contributed by atoms with Gasteiger partial charge in [0.05, 0.1) is 23.7 Å². The number of aromatic amines is 1. The molecule has 0 bridgehead atoms. The van der Waals surface area contributed by atoms with Crippen LogP contribution in [0.2, 0.25) is 0 Å². The second-order valence-corrected chi connectivity index (χ2v) is 8.54. The average molecular weight is 417 g/mol. The van der Waals surface area contributed by atoms with Gasteiger partial charge in [0.25, 0.3) is 5.56 Å². The number of hydrogen-bond donors (Lipinski definition) is 4. The quantitative estimate of drug-likeness (QED) is 0.544. The van der Waals surface area contributed by atoms with Crippen LogP contribution in [-0.4, -0.2) is 41.0 Å². The summed E-state index contributed by atoms with van der Waals surface area (Å²) in [5.41, 5.74) is 3.16. The van der Waals surface area contributed by atoms with Gasteiger partial charge in [0.2, 0.25) is 0 Å². The minimum absolute atomic E-state index is 0.0999. The molecule has 31 heavy (non-hydrogen) atoms. The molecule has 6 nitrogen and oxygen atoms in total. The van der Waals surface area contributed by atoms with E-state index in [-0.39, 0.29) is 24.1 Å². The second kappa shape index (κ2) is 8.65. The van der Waals surface area contributed by atoms with Gasteiger partial charge in [0.15, 0.2) is 0 Å². The molecule has 4 N–H and O–H groups in total. The Bertz CT molecular complexity index is 1140. The van der Waals surface area contributed by atoms with E-state index >= 15 is 0 Å². The van der Waals surface area contributed by atoms with Crippen molar-refractivity contribution in [1.29, 1.82) is 0 Å². The van der Waals surface area contributed by atoms with Crippen molar-refractivity contribution in [3.05, 3.63) is 82.4 Å². The maximum atomic E-state index is 12.4. The standard InChI is InChI=1S/C25H28N4O2/c30-13-12-26-15-16-6-4-9-18(14-16)23-21(17-7-2-1-3-8-17)24-22-19(25(31)29-28-24)10-5-11-20(22)27-23/h1-7,9-11,16-17,21,23,26-27,30H,8,12-15H2,(H,29,31). The van der Waals surface area contributed by atoms with Gasteiger partial charge in [0, 0.05) is 30.1 Å². The van der Waals surface area contributed by atoms with E-state index in [4.69, 9.17) is 5.11 Å². The predicted molar refractivity (Wildman–Crippen MR) is 124 cm³/mol. The van der Waals surface area contributed by atoms with Crippen LogP contribution < -0.4 is 16.2 Å². The maximum Gasteiger partial charge on any atom is 0.272 e. The lowest BCUT2D eigenvalue weighted by atomic mass is 9.72. The zero-order valence-corrected chi connectivity index (χ0v) is 17.4. The van der Waals surface area contributed by atoms with E-state index in [0.717, 1.165) is 36.2 Å². The van der Waals surface area contributed by atoms with Crippen LogP contribution in [0.5, 0.6) is 0 Å². The first-order valence-electron chi connectivity index (χ1n) is 11.1. The van der Waals surface area contributed by atoms with E-state index < -0.39 is 0 Å². The molecule has 0 fully saturated rings. The highest BCUT2D eigenvalue weighted by Gasteiger charge is 2.39. The Labute approximate surface area is 181 Å². The van der Waals surface area contributed by atoms with Crippen LogP contribution in [0.25, 0.3) is 10.8 Å². The molecule has 0 radical (unpaired) electrons. The monoisotopic (exact) mass is 416 g/mol. The summed E-state index contributed by atoms with van der Waals surface area (Å²) < 4.78 is 0. The zero-order chi connectivity index (χ0) is 21.2. The number of anilines is 1. The van der Waals surface area contributed by atoms with E-state index in [9.17, 15) is 4.79 Å². The van der Waals surface area contributed by atoms with Crippen molar-refractivity contribution in [2.24, 2.45) is 11.8 Å². The summed E-state index contributed by atoms with van der Waals surface area (Å²) in [5, 5.41) is 25.2. The summed E-state index contributed by atoms with van der Waals surface area (Å²) in [6.45, 7) is 1.60. The molecule has 3 aliphatic rings. The lowest BCUT2D eigenvalue weighted by molar-refractivity contribution is 0.289. The van der Waals surface area contributed by atoms with Crippen LogP contribution in [0.4, 0.5) is 5.69 Å². The van der Waals surface area contributed by atoms with Gasteiger partial charge in [-0.25, -0.2) is 5.10 Å². The highest BCUT2D eigenvalue weighted by Crippen LogP contribution is 2.45. The molecule has 4 unspecified atom stereocenters. The van der Waals surface area contributed by atoms with Gasteiger partial charge in [-0.1, -0.05) is 48.6 Å². The minimum Gasteiger partial charge on any atom is -0.395 e. The Hall–Kier alpha value is -2.96. The van der Waals surface area contributed by atoms with Crippen molar-refractivity contribution in [1.82, 2.24) is 15.5 Å². The number of rotatable bonds is 6. The molecule has 4 atom stereocenters. The number of aliphatic hydroxyl groups excluding tert-OH is 1. The Balaban J connectivity index is 1.54. The Morgan fingerprint density at radius 2 is 2.13 bits per heavy atom. The van der Waals surface area contributed by atoms with Gasteiger partial charge in [0.1, 0.15) is 0 Å². The van der Waals surface area contributed by atoms with Crippen LogP contribution in [-0.2, 0) is 0 Å². The normalized spacial score (nSPS) is 26.7. The highest BCUT2D eigenvalue weighted by atomic mass is 16.3. The summed E-state index contributed by atoms with van der Waals surface area (Å²) in [6, 6.07) is 5.96. The fraction of sp³-hybridized carbons (Fsp3) is 0.360. The fourth-order valence-corrected chi connectivity index (χ4v) is 5.17. The van der Waals surface area contributed by atoms with Crippen molar-refractivity contribution in [3.8, 4) is 0 Å². The van der Waals surface area contributed by atoms with E-state index in [1.807, 2.05) is 18.2 Å². The second-order valence-electron chi connectivity index (χ2n) is 8.54. The SMILES string of the molecule is O=c1[nH]nc2c3c(cccc13)NC(C1=CC=CC(CNCCO)C1)C2C1C=CC=CC1. The molecule has 160 valence electrons. The van der Waals surface area contributed by atoms with Crippen LogP contribution in [0, 0.1) is 11.8 Å². The van der Waals surface area contributed by atoms with Crippen LogP contribution >= 0.6 is 0 Å². The number of aromatic nitrogens is 2. The average Bonchev–Trinajstić information content (AvgIpc) is 2.82. The molecular weight excluding hydrogens is 388 g/mol. The summed E-state index contributed by atoms with van der Waals surface area (Å²) in [4.78, 5) is 12.4. The molecule has 0 amide bonds. The molecule has 5 rings (SSSR count). The number of benzene rings is 1. The highest BCUT2D eigenvalue weighted by molar-refractivity contribution is 5.97. The first-order valence-corrected chi connectivity index (χ1v) is 11.1. The van der Waals surface area contributed by atoms with Gasteiger partial charge >= 0.3 is 0 Å². The van der Waals surface area contributed by atoms with E-state index in [2.05, 4.69) is 63.4 Å². The number of hydrogen-bond acceptors (Lipinski definition) is 5. The number of aliphatic hydroxyl groups is 1. The Morgan fingerprint density at radius 3 is 2.97 bits per heavy atom. The maximum absolute atomic E-state index is 12.4. The van der Waals surface area contributed by atoms with E-state index in [0.29, 0.717) is 23.8 Å². The van der Waals surface area contributed by atoms with Gasteiger partial charge < -0.3 is 15.7 Å². The number of H-pyrrole nitrogens is 1. The molecule has 2 heterocycles. The zero-order valence-electron chi connectivity index (χ0n) is 17.4. The Morgan fingerprint density at radius 1 is 1.19 bits per heavy atom. The molecule has 0 spiro atoms. The van der Waals surface area contributed by atoms with E-state index in [1.54, 1.807) is 0 Å². The first kappa shape index (κ1) is 20.0. The van der Waals surface area contributed by atoms with Crippen molar-refractivity contribution < 1.29 is 5.11 Å². The third-order valence-electron chi connectivity index (χ3n) is 6.59. The lowest BCUT2D eigenvalue weighted by Gasteiger charge is -2.40. The van der Waals surface area contributed by atoms with Crippen LogP contribution in [0.15, 0.2) is 71.1 Å². The van der Waals surface area contributed by atoms with Crippen LogP contribution in [0.1, 0.15) is 24.5 Å². The van der Waals surface area contributed by atoms with Gasteiger partial charge in [-0.2, -0.15) is 5.10 Å². The smallest absolute Gasteiger partial charge is 0.272 e. The van der Waals surface area contributed by atoms with Crippen LogP contribution in [0.3, 0.4) is 0 Å². The number of nitrogens with zero attached hydrogens (tertiary/aromatic N) is 1. The third-order valence-corrected chi connectivity index (χ3v) is 6.59.